The number of rotatable bonds is 5. The van der Waals surface area contributed by atoms with Gasteiger partial charge in [0.1, 0.15) is 5.69 Å². The van der Waals surface area contributed by atoms with Crippen molar-refractivity contribution in [3.8, 4) is 11.4 Å². The van der Waals surface area contributed by atoms with E-state index in [9.17, 15) is 4.79 Å². The number of carbonyl (C=O) groups excluding carboxylic acids is 1. The SMILES string of the molecule is O=C(Nc1nccs1)[C@H]1CN2CC[C@H]1C[C@@H]2Cn1cc(-c2ccccn2)nn1. The fourth-order valence-electron chi connectivity index (χ4n) is 4.34. The average molecular weight is 395 g/mol. The minimum Gasteiger partial charge on any atom is -0.302 e. The fraction of sp³-hybridized carbons (Fsp3) is 0.421. The minimum absolute atomic E-state index is 0.0359. The van der Waals surface area contributed by atoms with Crippen LogP contribution in [0.25, 0.3) is 11.4 Å². The smallest absolute Gasteiger partial charge is 0.230 e. The van der Waals surface area contributed by atoms with Gasteiger partial charge in [0.15, 0.2) is 5.13 Å². The van der Waals surface area contributed by atoms with Crippen molar-refractivity contribution >= 4 is 22.4 Å². The first-order chi connectivity index (χ1) is 13.8. The van der Waals surface area contributed by atoms with Crippen molar-refractivity contribution < 1.29 is 4.79 Å². The van der Waals surface area contributed by atoms with E-state index in [1.54, 1.807) is 12.4 Å². The average Bonchev–Trinajstić information content (AvgIpc) is 3.41. The lowest BCUT2D eigenvalue weighted by Crippen LogP contribution is -2.57. The molecule has 1 amide bonds. The number of fused-ring (bicyclic) bond motifs is 3. The molecule has 28 heavy (non-hydrogen) atoms. The summed E-state index contributed by atoms with van der Waals surface area (Å²) in [6, 6.07) is 6.16. The minimum atomic E-state index is 0.0359. The molecule has 3 aromatic rings. The molecule has 0 aromatic carbocycles. The Bertz CT molecular complexity index is 942. The van der Waals surface area contributed by atoms with E-state index in [1.165, 1.54) is 11.3 Å². The van der Waals surface area contributed by atoms with Crippen LogP contribution in [0, 0.1) is 11.8 Å². The zero-order valence-electron chi connectivity index (χ0n) is 15.3. The van der Waals surface area contributed by atoms with Crippen LogP contribution >= 0.6 is 11.3 Å². The highest BCUT2D eigenvalue weighted by atomic mass is 32.1. The Morgan fingerprint density at radius 3 is 2.96 bits per heavy atom. The molecule has 1 unspecified atom stereocenters. The zero-order chi connectivity index (χ0) is 18.9. The van der Waals surface area contributed by atoms with Crippen LogP contribution in [0.2, 0.25) is 0 Å². The molecule has 0 spiro atoms. The zero-order valence-corrected chi connectivity index (χ0v) is 16.1. The first kappa shape index (κ1) is 17.4. The van der Waals surface area contributed by atoms with E-state index in [4.69, 9.17) is 0 Å². The van der Waals surface area contributed by atoms with Gasteiger partial charge in [0, 0.05) is 30.4 Å². The van der Waals surface area contributed by atoms with E-state index in [0.717, 1.165) is 43.9 Å². The van der Waals surface area contributed by atoms with Crippen molar-refractivity contribution in [3.05, 3.63) is 42.2 Å². The molecular weight excluding hydrogens is 374 g/mol. The van der Waals surface area contributed by atoms with E-state index in [-0.39, 0.29) is 11.8 Å². The summed E-state index contributed by atoms with van der Waals surface area (Å²) >= 11 is 1.46. The monoisotopic (exact) mass is 395 g/mol. The lowest BCUT2D eigenvalue weighted by molar-refractivity contribution is -0.127. The molecule has 3 aromatic heterocycles. The Balaban J connectivity index is 1.23. The van der Waals surface area contributed by atoms with Crippen LogP contribution in [0.3, 0.4) is 0 Å². The molecule has 2 bridgehead atoms. The lowest BCUT2D eigenvalue weighted by atomic mass is 9.75. The first-order valence-corrected chi connectivity index (χ1v) is 10.4. The second-order valence-electron chi connectivity index (χ2n) is 7.41. The summed E-state index contributed by atoms with van der Waals surface area (Å²) in [5.41, 5.74) is 1.62. The van der Waals surface area contributed by atoms with Crippen molar-refractivity contribution in [2.75, 3.05) is 18.4 Å². The lowest BCUT2D eigenvalue weighted by Gasteiger charge is -2.49. The van der Waals surface area contributed by atoms with E-state index in [1.807, 2.05) is 34.5 Å². The number of pyridine rings is 1. The van der Waals surface area contributed by atoms with Crippen molar-refractivity contribution in [2.24, 2.45) is 11.8 Å². The van der Waals surface area contributed by atoms with Gasteiger partial charge in [-0.25, -0.2) is 4.98 Å². The topological polar surface area (TPSA) is 88.8 Å². The summed E-state index contributed by atoms with van der Waals surface area (Å²) in [7, 11) is 0. The largest absolute Gasteiger partial charge is 0.302 e. The Kier molecular flexibility index (Phi) is 4.61. The van der Waals surface area contributed by atoms with Crippen molar-refractivity contribution in [1.29, 1.82) is 0 Å². The number of piperidine rings is 3. The maximum absolute atomic E-state index is 12.7. The molecule has 0 saturated carbocycles. The van der Waals surface area contributed by atoms with Gasteiger partial charge in [0.05, 0.1) is 24.4 Å². The fourth-order valence-corrected chi connectivity index (χ4v) is 4.88. The third kappa shape index (κ3) is 3.43. The quantitative estimate of drug-likeness (QED) is 0.712. The number of amides is 1. The van der Waals surface area contributed by atoms with E-state index >= 15 is 0 Å². The second kappa shape index (κ2) is 7.40. The Labute approximate surface area is 166 Å². The standard InChI is InChI=1S/C19H21N7OS/c27-18(22-19-21-6-8-28-19)15-11-25-7-4-13(15)9-14(25)10-26-12-17(23-24-26)16-3-1-2-5-20-16/h1-3,5-6,8,12-15H,4,7,9-11H2,(H,21,22,27)/t13-,14+,15-/m0/s1. The molecule has 0 aliphatic carbocycles. The molecule has 9 heteroatoms. The third-order valence-electron chi connectivity index (χ3n) is 5.74. The molecule has 8 nitrogen and oxygen atoms in total. The highest BCUT2D eigenvalue weighted by Gasteiger charge is 2.43. The normalized spacial score (nSPS) is 26.3. The van der Waals surface area contributed by atoms with Crippen molar-refractivity contribution in [3.63, 3.8) is 0 Å². The molecule has 144 valence electrons. The molecular formula is C19H21N7OS. The van der Waals surface area contributed by atoms with Crippen LogP contribution in [0.5, 0.6) is 0 Å². The summed E-state index contributed by atoms with van der Waals surface area (Å²) < 4.78 is 1.90. The van der Waals surface area contributed by atoms with Crippen LogP contribution in [-0.4, -0.2) is 54.9 Å². The van der Waals surface area contributed by atoms with Gasteiger partial charge in [-0.2, -0.15) is 0 Å². The van der Waals surface area contributed by atoms with Crippen LogP contribution in [0.15, 0.2) is 42.2 Å². The van der Waals surface area contributed by atoms with Gasteiger partial charge in [-0.3, -0.25) is 19.4 Å². The first-order valence-electron chi connectivity index (χ1n) is 9.52. The molecule has 6 heterocycles. The summed E-state index contributed by atoms with van der Waals surface area (Å²) in [6.45, 7) is 2.63. The van der Waals surface area contributed by atoms with Gasteiger partial charge in [0.2, 0.25) is 5.91 Å². The number of aromatic nitrogens is 5. The van der Waals surface area contributed by atoms with Gasteiger partial charge in [0.25, 0.3) is 0 Å². The highest BCUT2D eigenvalue weighted by molar-refractivity contribution is 7.13. The maximum Gasteiger partial charge on any atom is 0.230 e. The molecule has 0 radical (unpaired) electrons. The number of thiazole rings is 1. The van der Waals surface area contributed by atoms with Crippen LogP contribution in [0.1, 0.15) is 12.8 Å². The Morgan fingerprint density at radius 2 is 2.21 bits per heavy atom. The number of hydrogen-bond acceptors (Lipinski definition) is 7. The Morgan fingerprint density at radius 1 is 1.25 bits per heavy atom. The third-order valence-corrected chi connectivity index (χ3v) is 6.43. The van der Waals surface area contributed by atoms with Gasteiger partial charge in [-0.1, -0.05) is 11.3 Å². The second-order valence-corrected chi connectivity index (χ2v) is 8.30. The van der Waals surface area contributed by atoms with Crippen LogP contribution in [0.4, 0.5) is 5.13 Å². The van der Waals surface area contributed by atoms with Crippen LogP contribution < -0.4 is 5.32 Å². The van der Waals surface area contributed by atoms with Gasteiger partial charge >= 0.3 is 0 Å². The molecule has 3 fully saturated rings. The molecule has 4 atom stereocenters. The van der Waals surface area contributed by atoms with Crippen molar-refractivity contribution in [1.82, 2.24) is 29.9 Å². The van der Waals surface area contributed by atoms with Crippen LogP contribution in [-0.2, 0) is 11.3 Å². The van der Waals surface area contributed by atoms with E-state index < -0.39 is 0 Å². The summed E-state index contributed by atoms with van der Waals surface area (Å²) in [5, 5.41) is 14.1. The molecule has 3 aliphatic heterocycles. The number of nitrogens with one attached hydrogen (secondary N) is 1. The number of carbonyl (C=O) groups is 1. The number of nitrogens with zero attached hydrogens (tertiary/aromatic N) is 6. The predicted octanol–water partition coefficient (Wildman–Crippen LogP) is 2.15. The van der Waals surface area contributed by atoms with Crippen molar-refractivity contribution in [2.45, 2.75) is 25.4 Å². The summed E-state index contributed by atoms with van der Waals surface area (Å²) in [5.74, 6) is 0.545. The number of anilines is 1. The van der Waals surface area contributed by atoms with E-state index in [2.05, 4.69) is 30.5 Å². The van der Waals surface area contributed by atoms with E-state index in [0.29, 0.717) is 17.1 Å². The molecule has 3 saturated heterocycles. The van der Waals surface area contributed by atoms with Gasteiger partial charge < -0.3 is 5.32 Å². The van der Waals surface area contributed by atoms with Gasteiger partial charge in [-0.15, -0.1) is 16.4 Å². The predicted molar refractivity (Wildman–Crippen MR) is 106 cm³/mol. The molecule has 3 aliphatic rings. The molecule has 6 rings (SSSR count). The summed E-state index contributed by atoms with van der Waals surface area (Å²) in [4.78, 5) is 23.6. The Hall–Kier alpha value is -2.65. The summed E-state index contributed by atoms with van der Waals surface area (Å²) in [6.07, 6.45) is 7.51. The number of hydrogen-bond donors (Lipinski definition) is 1. The van der Waals surface area contributed by atoms with Gasteiger partial charge in [-0.05, 0) is 37.4 Å². The highest BCUT2D eigenvalue weighted by Crippen LogP contribution is 2.37. The molecule has 1 N–H and O–H groups in total. The maximum atomic E-state index is 12.7.